The minimum Gasteiger partial charge on any atom is -0.302 e. The van der Waals surface area contributed by atoms with Crippen LogP contribution in [0.3, 0.4) is 0 Å². The summed E-state index contributed by atoms with van der Waals surface area (Å²) >= 11 is 5.79. The Hall–Kier alpha value is -3.19. The van der Waals surface area contributed by atoms with Crippen molar-refractivity contribution < 1.29 is 14.5 Å². The topological polar surface area (TPSA) is 92.5 Å². The van der Waals surface area contributed by atoms with Crippen LogP contribution in [-0.2, 0) is 4.79 Å². The predicted octanol–water partition coefficient (Wildman–Crippen LogP) is 3.35. The molecule has 8 heteroatoms. The van der Waals surface area contributed by atoms with E-state index in [1.807, 2.05) is 0 Å². The lowest BCUT2D eigenvalue weighted by Gasteiger charge is -2.11. The molecule has 1 N–H and O–H groups in total. The highest BCUT2D eigenvalue weighted by molar-refractivity contribution is 6.31. The Bertz CT molecular complexity index is 877. The van der Waals surface area contributed by atoms with Gasteiger partial charge in [-0.05, 0) is 36.4 Å². The Balaban J connectivity index is 1.97. The smallest absolute Gasteiger partial charge is 0.302 e. The number of nitro benzene ring substituents is 1. The number of nitrogens with zero attached hydrogens (tertiary/aromatic N) is 2. The molecule has 0 aromatic heterocycles. The second-order valence-electron chi connectivity index (χ2n) is 4.92. The van der Waals surface area contributed by atoms with Crippen LogP contribution in [0.25, 0.3) is 6.08 Å². The summed E-state index contributed by atoms with van der Waals surface area (Å²) in [6.07, 6.45) is 1.29. The summed E-state index contributed by atoms with van der Waals surface area (Å²) in [5, 5.41) is 13.9. The number of rotatable bonds is 3. The lowest BCUT2D eigenvalue weighted by Crippen LogP contribution is -2.30. The molecule has 0 radical (unpaired) electrons. The summed E-state index contributed by atoms with van der Waals surface area (Å²) in [4.78, 5) is 36.0. The summed E-state index contributed by atoms with van der Waals surface area (Å²) in [5.74, 6) is -0.597. The number of urea groups is 1. The predicted molar refractivity (Wildman–Crippen MR) is 88.5 cm³/mol. The van der Waals surface area contributed by atoms with Gasteiger partial charge in [-0.15, -0.1) is 0 Å². The molecule has 0 bridgehead atoms. The highest BCUT2D eigenvalue weighted by atomic mass is 35.5. The summed E-state index contributed by atoms with van der Waals surface area (Å²) in [6, 6.07) is 11.5. The van der Waals surface area contributed by atoms with E-state index in [2.05, 4.69) is 5.32 Å². The number of amides is 3. The molecule has 3 rings (SSSR count). The zero-order valence-electron chi connectivity index (χ0n) is 12.1. The molecule has 0 atom stereocenters. The molecule has 1 fully saturated rings. The maximum absolute atomic E-state index is 12.5. The molecule has 0 saturated carbocycles. The third kappa shape index (κ3) is 2.84. The zero-order valence-corrected chi connectivity index (χ0v) is 12.9. The van der Waals surface area contributed by atoms with Gasteiger partial charge in [0.2, 0.25) is 0 Å². The third-order valence-electron chi connectivity index (χ3n) is 3.40. The van der Waals surface area contributed by atoms with Gasteiger partial charge in [0.1, 0.15) is 5.70 Å². The summed E-state index contributed by atoms with van der Waals surface area (Å²) in [6.45, 7) is 0. The highest BCUT2D eigenvalue weighted by Gasteiger charge is 2.35. The van der Waals surface area contributed by atoms with Crippen molar-refractivity contribution >= 4 is 41.0 Å². The van der Waals surface area contributed by atoms with Crippen molar-refractivity contribution in [3.05, 3.63) is 74.9 Å². The molecule has 120 valence electrons. The second-order valence-corrected chi connectivity index (χ2v) is 5.36. The number of carbonyl (C=O) groups is 2. The molecule has 1 heterocycles. The van der Waals surface area contributed by atoms with Crippen molar-refractivity contribution in [3.8, 4) is 0 Å². The molecule has 2 aromatic carbocycles. The number of benzene rings is 2. The summed E-state index contributed by atoms with van der Waals surface area (Å²) < 4.78 is 0. The summed E-state index contributed by atoms with van der Waals surface area (Å²) in [5.41, 5.74) is 0.387. The number of hydrogen-bond donors (Lipinski definition) is 1. The van der Waals surface area contributed by atoms with Crippen LogP contribution in [0.15, 0.2) is 54.2 Å². The maximum Gasteiger partial charge on any atom is 0.333 e. The van der Waals surface area contributed by atoms with Crippen molar-refractivity contribution in [2.75, 3.05) is 4.90 Å². The van der Waals surface area contributed by atoms with Crippen molar-refractivity contribution in [1.29, 1.82) is 0 Å². The van der Waals surface area contributed by atoms with Gasteiger partial charge in [-0.25, -0.2) is 9.69 Å². The number of halogens is 1. The standard InChI is InChI=1S/C16H10ClN3O4/c17-11-5-7-12(8-6-11)19-15(21)13(18-16(19)22)9-10-3-1-2-4-14(10)20(23)24/h1-9H,(H,18,22)/b13-9-. The minimum atomic E-state index is -0.632. The fourth-order valence-corrected chi connectivity index (χ4v) is 2.42. The minimum absolute atomic E-state index is 0.0377. The fourth-order valence-electron chi connectivity index (χ4n) is 2.29. The van der Waals surface area contributed by atoms with Crippen LogP contribution in [0.4, 0.5) is 16.2 Å². The first-order valence-electron chi connectivity index (χ1n) is 6.83. The first-order chi connectivity index (χ1) is 11.5. The van der Waals surface area contributed by atoms with Crippen LogP contribution in [0.5, 0.6) is 0 Å². The maximum atomic E-state index is 12.5. The quantitative estimate of drug-likeness (QED) is 0.400. The Labute approximate surface area is 141 Å². The van der Waals surface area contributed by atoms with E-state index in [-0.39, 0.29) is 16.9 Å². The van der Waals surface area contributed by atoms with Gasteiger partial charge in [0.25, 0.3) is 11.6 Å². The van der Waals surface area contributed by atoms with Gasteiger partial charge in [0, 0.05) is 11.1 Å². The van der Waals surface area contributed by atoms with E-state index in [1.54, 1.807) is 18.2 Å². The second kappa shape index (κ2) is 6.13. The van der Waals surface area contributed by atoms with Crippen molar-refractivity contribution in [2.45, 2.75) is 0 Å². The average molecular weight is 344 g/mol. The van der Waals surface area contributed by atoms with Gasteiger partial charge < -0.3 is 5.32 Å². The van der Waals surface area contributed by atoms with Gasteiger partial charge >= 0.3 is 6.03 Å². The molecule has 0 unspecified atom stereocenters. The molecule has 0 aliphatic carbocycles. The molecule has 7 nitrogen and oxygen atoms in total. The molecular weight excluding hydrogens is 334 g/mol. The van der Waals surface area contributed by atoms with Gasteiger partial charge in [-0.2, -0.15) is 0 Å². The average Bonchev–Trinajstić information content (AvgIpc) is 2.83. The Morgan fingerprint density at radius 1 is 1.08 bits per heavy atom. The number of para-hydroxylation sites is 1. The first kappa shape index (κ1) is 15.7. The van der Waals surface area contributed by atoms with E-state index in [1.165, 1.54) is 36.4 Å². The normalized spacial score (nSPS) is 15.7. The van der Waals surface area contributed by atoms with E-state index in [9.17, 15) is 19.7 Å². The Kier molecular flexibility index (Phi) is 4.01. The van der Waals surface area contributed by atoms with Gasteiger partial charge in [0.05, 0.1) is 16.2 Å². The van der Waals surface area contributed by atoms with Crippen LogP contribution in [0.2, 0.25) is 5.02 Å². The first-order valence-corrected chi connectivity index (χ1v) is 7.21. The highest BCUT2D eigenvalue weighted by Crippen LogP contribution is 2.26. The Morgan fingerprint density at radius 3 is 2.42 bits per heavy atom. The molecule has 1 aliphatic heterocycles. The van der Waals surface area contributed by atoms with Crippen LogP contribution < -0.4 is 10.2 Å². The molecule has 2 aromatic rings. The van der Waals surface area contributed by atoms with Crippen molar-refractivity contribution in [1.82, 2.24) is 5.32 Å². The van der Waals surface area contributed by atoms with Crippen molar-refractivity contribution in [2.24, 2.45) is 0 Å². The van der Waals surface area contributed by atoms with Crippen LogP contribution in [0, 0.1) is 10.1 Å². The lowest BCUT2D eigenvalue weighted by atomic mass is 10.1. The van der Waals surface area contributed by atoms with Crippen LogP contribution in [-0.4, -0.2) is 16.9 Å². The van der Waals surface area contributed by atoms with Gasteiger partial charge in [-0.1, -0.05) is 23.7 Å². The van der Waals surface area contributed by atoms with Crippen molar-refractivity contribution in [3.63, 3.8) is 0 Å². The molecule has 3 amide bonds. The van der Waals surface area contributed by atoms with E-state index in [0.717, 1.165) is 4.90 Å². The fraction of sp³-hybridized carbons (Fsp3) is 0. The molecular formula is C16H10ClN3O4. The van der Waals surface area contributed by atoms with E-state index in [0.29, 0.717) is 10.7 Å². The van der Waals surface area contributed by atoms with Gasteiger partial charge in [0.15, 0.2) is 0 Å². The largest absolute Gasteiger partial charge is 0.333 e. The van der Waals surface area contributed by atoms with Gasteiger partial charge in [-0.3, -0.25) is 14.9 Å². The number of carbonyl (C=O) groups excluding carboxylic acids is 2. The number of imide groups is 1. The molecule has 0 spiro atoms. The molecule has 1 aliphatic rings. The zero-order chi connectivity index (χ0) is 17.3. The third-order valence-corrected chi connectivity index (χ3v) is 3.65. The Morgan fingerprint density at radius 2 is 1.75 bits per heavy atom. The lowest BCUT2D eigenvalue weighted by molar-refractivity contribution is -0.385. The van der Waals surface area contributed by atoms with Crippen LogP contribution in [0.1, 0.15) is 5.56 Å². The van der Waals surface area contributed by atoms with E-state index < -0.39 is 16.9 Å². The SMILES string of the molecule is O=C1N/C(=C\c2ccccc2[N+](=O)[O-])C(=O)N1c1ccc(Cl)cc1. The number of hydrogen-bond acceptors (Lipinski definition) is 4. The molecule has 1 saturated heterocycles. The monoisotopic (exact) mass is 343 g/mol. The summed E-state index contributed by atoms with van der Waals surface area (Å²) in [7, 11) is 0. The number of anilines is 1. The van der Waals surface area contributed by atoms with E-state index >= 15 is 0 Å². The van der Waals surface area contributed by atoms with E-state index in [4.69, 9.17) is 11.6 Å². The number of nitrogens with one attached hydrogen (secondary N) is 1. The number of nitro groups is 1. The van der Waals surface area contributed by atoms with Crippen LogP contribution >= 0.6 is 11.6 Å². The molecule has 24 heavy (non-hydrogen) atoms.